The smallest absolute Gasteiger partial charge is 0.311 e. The lowest BCUT2D eigenvalue weighted by Gasteiger charge is -2.17. The van der Waals surface area contributed by atoms with Gasteiger partial charge in [-0.2, -0.15) is 0 Å². The second-order valence-electron chi connectivity index (χ2n) is 2.52. The van der Waals surface area contributed by atoms with Gasteiger partial charge in [0.15, 0.2) is 0 Å². The third-order valence-electron chi connectivity index (χ3n) is 1.68. The van der Waals surface area contributed by atoms with Crippen LogP contribution in [-0.2, 0) is 9.53 Å². The Hall–Kier alpha value is -0.610. The van der Waals surface area contributed by atoms with Gasteiger partial charge in [-0.25, -0.2) is 0 Å². The molecule has 1 unspecified atom stereocenters. The Bertz CT molecular complexity index is 135. The Kier molecular flexibility index (Phi) is 5.66. The maximum Gasteiger partial charge on any atom is 0.311 e. The first-order valence-corrected chi connectivity index (χ1v) is 4.12. The van der Waals surface area contributed by atoms with E-state index in [1.807, 2.05) is 0 Å². The monoisotopic (exact) mass is 176 g/mol. The minimum absolute atomic E-state index is 0.299. The maximum absolute atomic E-state index is 11.1. The number of aliphatic hydroxyl groups is 2. The summed E-state index contributed by atoms with van der Waals surface area (Å²) in [4.78, 5) is 11.1. The summed E-state index contributed by atoms with van der Waals surface area (Å²) in [5, 5.41) is 17.8. The molecule has 0 aromatic carbocycles. The highest BCUT2D eigenvalue weighted by Crippen LogP contribution is 2.10. The molecule has 0 saturated heterocycles. The van der Waals surface area contributed by atoms with E-state index in [9.17, 15) is 4.79 Å². The fourth-order valence-corrected chi connectivity index (χ4v) is 0.972. The molecule has 0 amide bonds. The number of carbonyl (C=O) groups excluding carboxylic acids is 1. The second-order valence-corrected chi connectivity index (χ2v) is 2.52. The molecular formula is C8H16O4. The number of rotatable bonds is 5. The lowest BCUT2D eigenvalue weighted by molar-refractivity contribution is -0.153. The number of hydrogen-bond donors (Lipinski definition) is 2. The molecule has 0 aliphatic carbocycles. The highest BCUT2D eigenvalue weighted by atomic mass is 16.5. The number of hydrogen-bond acceptors (Lipinski definition) is 4. The van der Waals surface area contributed by atoms with Gasteiger partial charge in [-0.05, 0) is 13.3 Å². The molecule has 0 aliphatic rings. The SMILES string of the molecule is CCOC(=O)[C@H](CC)C(O)CO. The van der Waals surface area contributed by atoms with Gasteiger partial charge in [0.05, 0.1) is 25.2 Å². The fraction of sp³-hybridized carbons (Fsp3) is 0.875. The van der Waals surface area contributed by atoms with E-state index in [0.29, 0.717) is 13.0 Å². The van der Waals surface area contributed by atoms with Crippen LogP contribution in [-0.4, -0.2) is 35.5 Å². The van der Waals surface area contributed by atoms with Gasteiger partial charge < -0.3 is 14.9 Å². The van der Waals surface area contributed by atoms with E-state index in [2.05, 4.69) is 0 Å². The maximum atomic E-state index is 11.1. The third kappa shape index (κ3) is 3.19. The molecular weight excluding hydrogens is 160 g/mol. The molecule has 4 nitrogen and oxygen atoms in total. The molecule has 2 N–H and O–H groups in total. The van der Waals surface area contributed by atoms with Crippen LogP contribution >= 0.6 is 0 Å². The lowest BCUT2D eigenvalue weighted by atomic mass is 10.0. The van der Waals surface area contributed by atoms with Crippen molar-refractivity contribution in [1.29, 1.82) is 0 Å². The molecule has 12 heavy (non-hydrogen) atoms. The van der Waals surface area contributed by atoms with Gasteiger partial charge in [0, 0.05) is 0 Å². The predicted octanol–water partition coefficient (Wildman–Crippen LogP) is -0.0711. The van der Waals surface area contributed by atoms with Crippen LogP contribution in [0.25, 0.3) is 0 Å². The zero-order chi connectivity index (χ0) is 9.56. The normalized spacial score (nSPS) is 15.3. The van der Waals surface area contributed by atoms with Crippen molar-refractivity contribution in [3.05, 3.63) is 0 Å². The Morgan fingerprint density at radius 1 is 1.50 bits per heavy atom. The van der Waals surface area contributed by atoms with Gasteiger partial charge >= 0.3 is 5.97 Å². The van der Waals surface area contributed by atoms with Crippen molar-refractivity contribution in [3.63, 3.8) is 0 Å². The van der Waals surface area contributed by atoms with Crippen LogP contribution in [0.3, 0.4) is 0 Å². The second kappa shape index (κ2) is 5.97. The summed E-state index contributed by atoms with van der Waals surface area (Å²) in [5.41, 5.74) is 0. The van der Waals surface area contributed by atoms with E-state index in [4.69, 9.17) is 14.9 Å². The average Bonchev–Trinajstić information content (AvgIpc) is 2.06. The largest absolute Gasteiger partial charge is 0.466 e. The first-order chi connectivity index (χ1) is 5.67. The van der Waals surface area contributed by atoms with Crippen LogP contribution in [0, 0.1) is 5.92 Å². The molecule has 0 bridgehead atoms. The molecule has 0 fully saturated rings. The molecule has 0 aliphatic heterocycles. The van der Waals surface area contributed by atoms with Crippen LogP contribution in [0.15, 0.2) is 0 Å². The minimum Gasteiger partial charge on any atom is -0.466 e. The summed E-state index contributed by atoms with van der Waals surface area (Å²) < 4.78 is 4.71. The summed E-state index contributed by atoms with van der Waals surface area (Å²) >= 11 is 0. The summed E-state index contributed by atoms with van der Waals surface area (Å²) in [5.74, 6) is -1.04. The highest BCUT2D eigenvalue weighted by molar-refractivity contribution is 5.73. The quantitative estimate of drug-likeness (QED) is 0.575. The first-order valence-electron chi connectivity index (χ1n) is 4.12. The van der Waals surface area contributed by atoms with Crippen molar-refractivity contribution in [3.8, 4) is 0 Å². The zero-order valence-electron chi connectivity index (χ0n) is 7.49. The van der Waals surface area contributed by atoms with Crippen molar-refractivity contribution in [2.45, 2.75) is 26.4 Å². The molecule has 2 atom stereocenters. The number of carbonyl (C=O) groups is 1. The van der Waals surface area contributed by atoms with Crippen molar-refractivity contribution in [2.75, 3.05) is 13.2 Å². The summed E-state index contributed by atoms with van der Waals surface area (Å²) in [6.07, 6.45) is -0.533. The molecule has 0 aromatic rings. The Morgan fingerprint density at radius 3 is 2.42 bits per heavy atom. The van der Waals surface area contributed by atoms with Crippen molar-refractivity contribution in [1.82, 2.24) is 0 Å². The van der Waals surface area contributed by atoms with E-state index in [1.54, 1.807) is 13.8 Å². The van der Waals surface area contributed by atoms with Gasteiger partial charge in [-0.15, -0.1) is 0 Å². The molecule has 0 radical (unpaired) electrons. The van der Waals surface area contributed by atoms with Gasteiger partial charge in [-0.1, -0.05) is 6.92 Å². The van der Waals surface area contributed by atoms with E-state index in [0.717, 1.165) is 0 Å². The van der Waals surface area contributed by atoms with Crippen LogP contribution in [0.5, 0.6) is 0 Å². The standard InChI is InChI=1S/C8H16O4/c1-3-6(7(10)5-9)8(11)12-4-2/h6-7,9-10H,3-5H2,1-2H3/t6-,7?/m1/s1. The molecule has 0 heterocycles. The Balaban J connectivity index is 4.04. The minimum atomic E-state index is -1.01. The molecule has 0 spiro atoms. The molecule has 4 heteroatoms. The summed E-state index contributed by atoms with van der Waals surface area (Å²) in [7, 11) is 0. The number of ether oxygens (including phenoxy) is 1. The van der Waals surface area contributed by atoms with Gasteiger partial charge in [-0.3, -0.25) is 4.79 Å². The van der Waals surface area contributed by atoms with E-state index in [1.165, 1.54) is 0 Å². The van der Waals surface area contributed by atoms with Crippen LogP contribution in [0.2, 0.25) is 0 Å². The first kappa shape index (κ1) is 11.4. The van der Waals surface area contributed by atoms with Gasteiger partial charge in [0.2, 0.25) is 0 Å². The van der Waals surface area contributed by atoms with Crippen molar-refractivity contribution < 1.29 is 19.7 Å². The number of esters is 1. The molecule has 0 aromatic heterocycles. The summed E-state index contributed by atoms with van der Waals surface area (Å²) in [6, 6.07) is 0. The molecule has 0 saturated carbocycles. The predicted molar refractivity (Wildman–Crippen MR) is 43.5 cm³/mol. The Morgan fingerprint density at radius 2 is 2.08 bits per heavy atom. The van der Waals surface area contributed by atoms with E-state index < -0.39 is 24.6 Å². The van der Waals surface area contributed by atoms with Gasteiger partial charge in [0.1, 0.15) is 0 Å². The molecule has 0 rings (SSSR count). The topological polar surface area (TPSA) is 66.8 Å². The van der Waals surface area contributed by atoms with Crippen LogP contribution in [0.4, 0.5) is 0 Å². The third-order valence-corrected chi connectivity index (χ3v) is 1.68. The van der Waals surface area contributed by atoms with Gasteiger partial charge in [0.25, 0.3) is 0 Å². The Labute approximate surface area is 72.2 Å². The van der Waals surface area contributed by atoms with Crippen LogP contribution < -0.4 is 0 Å². The summed E-state index contributed by atoms with van der Waals surface area (Å²) in [6.45, 7) is 3.36. The van der Waals surface area contributed by atoms with Crippen LogP contribution in [0.1, 0.15) is 20.3 Å². The van der Waals surface area contributed by atoms with E-state index >= 15 is 0 Å². The van der Waals surface area contributed by atoms with Crippen molar-refractivity contribution in [2.24, 2.45) is 5.92 Å². The number of aliphatic hydroxyl groups excluding tert-OH is 2. The average molecular weight is 176 g/mol. The highest BCUT2D eigenvalue weighted by Gasteiger charge is 2.25. The van der Waals surface area contributed by atoms with Crippen molar-refractivity contribution >= 4 is 5.97 Å². The molecule has 72 valence electrons. The lowest BCUT2D eigenvalue weighted by Crippen LogP contribution is -2.32. The fourth-order valence-electron chi connectivity index (χ4n) is 0.972. The van der Waals surface area contributed by atoms with E-state index in [-0.39, 0.29) is 0 Å². The zero-order valence-corrected chi connectivity index (χ0v) is 7.49.